The molecule has 3 N–H and O–H groups in total. The van der Waals surface area contributed by atoms with Gasteiger partial charge in [-0.05, 0) is 37.1 Å². The first kappa shape index (κ1) is 24.9. The molecule has 1 aliphatic carbocycles. The number of aromatic nitrogens is 4. The number of amides is 3. The van der Waals surface area contributed by atoms with Gasteiger partial charge in [-0.25, -0.2) is 19.7 Å². The van der Waals surface area contributed by atoms with E-state index in [1.165, 1.54) is 22.4 Å². The molecule has 2 atom stereocenters. The van der Waals surface area contributed by atoms with Gasteiger partial charge >= 0.3 is 6.03 Å². The van der Waals surface area contributed by atoms with Gasteiger partial charge in [0.2, 0.25) is 5.88 Å². The Morgan fingerprint density at radius 1 is 1.18 bits per heavy atom. The molecule has 6 rings (SSSR count). The van der Waals surface area contributed by atoms with Crippen LogP contribution in [0.1, 0.15) is 35.4 Å². The van der Waals surface area contributed by atoms with Gasteiger partial charge in [0.25, 0.3) is 5.91 Å². The molecule has 0 spiro atoms. The molecule has 1 fully saturated rings. The SMILES string of the molecule is C=CCN[C@H]1CCCC[C@H]1NC(=O)c1sc2nccc3c2c1NC(=O)N3c1ccc(Oc2cccnn2)cn1. The molecule has 1 saturated carbocycles. The zero-order valence-corrected chi connectivity index (χ0v) is 21.8. The van der Waals surface area contributed by atoms with Gasteiger partial charge in [-0.3, -0.25) is 4.79 Å². The van der Waals surface area contributed by atoms with Crippen LogP contribution in [0.2, 0.25) is 0 Å². The summed E-state index contributed by atoms with van der Waals surface area (Å²) in [6, 6.07) is 8.30. The third kappa shape index (κ3) is 4.91. The highest BCUT2D eigenvalue weighted by Gasteiger charge is 2.34. The van der Waals surface area contributed by atoms with Crippen LogP contribution in [-0.2, 0) is 0 Å². The van der Waals surface area contributed by atoms with E-state index >= 15 is 0 Å². The van der Waals surface area contributed by atoms with Crippen LogP contribution in [-0.4, -0.2) is 50.7 Å². The normalized spacial score (nSPS) is 18.5. The van der Waals surface area contributed by atoms with Crippen LogP contribution in [0.4, 0.5) is 22.0 Å². The number of nitrogens with zero attached hydrogens (tertiary/aromatic N) is 5. The molecule has 0 radical (unpaired) electrons. The smallest absolute Gasteiger partial charge is 0.332 e. The number of hydrogen-bond donors (Lipinski definition) is 3. The van der Waals surface area contributed by atoms with E-state index < -0.39 is 6.03 Å². The average molecular weight is 543 g/mol. The maximum Gasteiger partial charge on any atom is 0.332 e. The summed E-state index contributed by atoms with van der Waals surface area (Å²) >= 11 is 1.27. The summed E-state index contributed by atoms with van der Waals surface area (Å²) in [4.78, 5) is 38.3. The van der Waals surface area contributed by atoms with E-state index in [1.54, 1.807) is 42.7 Å². The Balaban J connectivity index is 1.28. The molecule has 1 aliphatic heterocycles. The van der Waals surface area contributed by atoms with Crippen molar-refractivity contribution in [1.82, 2.24) is 30.8 Å². The summed E-state index contributed by atoms with van der Waals surface area (Å²) in [5, 5.41) is 18.0. The van der Waals surface area contributed by atoms with Crippen LogP contribution in [0, 0.1) is 0 Å². The van der Waals surface area contributed by atoms with E-state index in [4.69, 9.17) is 4.74 Å². The van der Waals surface area contributed by atoms with Gasteiger partial charge in [-0.1, -0.05) is 18.9 Å². The van der Waals surface area contributed by atoms with Crippen molar-refractivity contribution >= 4 is 50.7 Å². The lowest BCUT2D eigenvalue weighted by Gasteiger charge is -2.33. The van der Waals surface area contributed by atoms with Gasteiger partial charge in [0, 0.05) is 37.1 Å². The van der Waals surface area contributed by atoms with Crippen LogP contribution in [0.15, 0.2) is 61.6 Å². The Morgan fingerprint density at radius 3 is 2.82 bits per heavy atom. The Labute approximate surface area is 228 Å². The minimum absolute atomic E-state index is 0.00127. The number of pyridine rings is 2. The molecule has 3 amide bonds. The van der Waals surface area contributed by atoms with Crippen molar-refractivity contribution in [3.8, 4) is 11.6 Å². The summed E-state index contributed by atoms with van der Waals surface area (Å²) in [5.74, 6) is 0.972. The van der Waals surface area contributed by atoms with E-state index in [1.807, 2.05) is 6.08 Å². The summed E-state index contributed by atoms with van der Waals surface area (Å²) in [5.41, 5.74) is 1.08. The monoisotopic (exact) mass is 542 g/mol. The second-order valence-corrected chi connectivity index (χ2v) is 10.3. The number of carbonyl (C=O) groups is 2. The third-order valence-electron chi connectivity index (χ3n) is 6.78. The Kier molecular flexibility index (Phi) is 6.86. The standard InChI is InChI=1S/C27H26N8O3S/c1-2-12-28-17-6-3-4-7-18(17)32-25(36)24-23-22-19(11-14-29-26(22)39-24)35(27(37)33-23)20-10-9-16(15-30-20)38-21-8-5-13-31-34-21/h2,5,8-11,13-15,17-18,28H,1,3-4,6-7,12H2,(H,32,36)(H,33,37)/t17-,18+/m0/s1. The Hall–Kier alpha value is -4.42. The molecule has 0 bridgehead atoms. The number of carbonyl (C=O) groups excluding carboxylic acids is 2. The van der Waals surface area contributed by atoms with Crippen LogP contribution in [0.5, 0.6) is 11.6 Å². The van der Waals surface area contributed by atoms with E-state index in [0.29, 0.717) is 50.5 Å². The molecule has 39 heavy (non-hydrogen) atoms. The molecule has 4 aromatic heterocycles. The number of thiophene rings is 1. The number of nitrogens with one attached hydrogen (secondary N) is 3. The fraction of sp³-hybridized carbons (Fsp3) is 0.259. The predicted octanol–water partition coefficient (Wildman–Crippen LogP) is 4.77. The first-order valence-electron chi connectivity index (χ1n) is 12.7. The molecule has 5 heterocycles. The van der Waals surface area contributed by atoms with Gasteiger partial charge in [-0.15, -0.1) is 23.0 Å². The fourth-order valence-corrected chi connectivity index (χ4v) is 6.04. The number of anilines is 3. The van der Waals surface area contributed by atoms with Crippen molar-refractivity contribution in [2.24, 2.45) is 0 Å². The lowest BCUT2D eigenvalue weighted by Crippen LogP contribution is -2.51. The summed E-state index contributed by atoms with van der Waals surface area (Å²) in [7, 11) is 0. The summed E-state index contributed by atoms with van der Waals surface area (Å²) in [6.45, 7) is 4.47. The topological polar surface area (TPSA) is 134 Å². The van der Waals surface area contributed by atoms with E-state index in [2.05, 4.69) is 42.7 Å². The minimum Gasteiger partial charge on any atom is -0.436 e. The van der Waals surface area contributed by atoms with Gasteiger partial charge in [0.1, 0.15) is 21.3 Å². The molecule has 0 unspecified atom stereocenters. The molecule has 2 aliphatic rings. The molecule has 198 valence electrons. The zero-order chi connectivity index (χ0) is 26.8. The lowest BCUT2D eigenvalue weighted by molar-refractivity contribution is 0.0921. The highest BCUT2D eigenvalue weighted by Crippen LogP contribution is 2.45. The maximum absolute atomic E-state index is 13.5. The van der Waals surface area contributed by atoms with E-state index in [0.717, 1.165) is 25.7 Å². The first-order valence-corrected chi connectivity index (χ1v) is 13.5. The van der Waals surface area contributed by atoms with Gasteiger partial charge in [0.05, 0.1) is 23.0 Å². The largest absolute Gasteiger partial charge is 0.436 e. The molecule has 4 aromatic rings. The van der Waals surface area contributed by atoms with E-state index in [-0.39, 0.29) is 18.0 Å². The Bertz CT molecular complexity index is 1530. The summed E-state index contributed by atoms with van der Waals surface area (Å²) in [6.07, 6.45) is 10.6. The Morgan fingerprint density at radius 2 is 2.05 bits per heavy atom. The van der Waals surface area contributed by atoms with Crippen molar-refractivity contribution in [3.63, 3.8) is 0 Å². The predicted molar refractivity (Wildman–Crippen MR) is 149 cm³/mol. The highest BCUT2D eigenvalue weighted by atomic mass is 32.1. The lowest BCUT2D eigenvalue weighted by atomic mass is 9.90. The maximum atomic E-state index is 13.5. The first-order chi connectivity index (χ1) is 19.1. The highest BCUT2D eigenvalue weighted by molar-refractivity contribution is 7.21. The molecule has 0 aromatic carbocycles. The van der Waals surface area contributed by atoms with Crippen molar-refractivity contribution < 1.29 is 14.3 Å². The van der Waals surface area contributed by atoms with Crippen LogP contribution >= 0.6 is 11.3 Å². The average Bonchev–Trinajstić information content (AvgIpc) is 3.33. The number of ether oxygens (including phenoxy) is 1. The summed E-state index contributed by atoms with van der Waals surface area (Å²) < 4.78 is 5.67. The van der Waals surface area contributed by atoms with Gasteiger partial charge in [0.15, 0.2) is 0 Å². The van der Waals surface area contributed by atoms with Crippen molar-refractivity contribution in [1.29, 1.82) is 0 Å². The van der Waals surface area contributed by atoms with Crippen LogP contribution < -0.4 is 25.6 Å². The van der Waals surface area contributed by atoms with Gasteiger partial charge in [-0.2, -0.15) is 5.10 Å². The molecular weight excluding hydrogens is 516 g/mol. The van der Waals surface area contributed by atoms with Crippen LogP contribution in [0.3, 0.4) is 0 Å². The second kappa shape index (κ2) is 10.8. The fourth-order valence-electron chi connectivity index (χ4n) is 5.02. The third-order valence-corrected chi connectivity index (χ3v) is 7.88. The van der Waals surface area contributed by atoms with Crippen molar-refractivity contribution in [2.45, 2.75) is 37.8 Å². The van der Waals surface area contributed by atoms with Gasteiger partial charge < -0.3 is 20.7 Å². The number of rotatable bonds is 8. The number of urea groups is 1. The van der Waals surface area contributed by atoms with Crippen molar-refractivity contribution in [3.05, 3.63) is 66.5 Å². The zero-order valence-electron chi connectivity index (χ0n) is 21.0. The minimum atomic E-state index is -0.416. The quantitative estimate of drug-likeness (QED) is 0.271. The number of hydrogen-bond acceptors (Lipinski definition) is 9. The second-order valence-electron chi connectivity index (χ2n) is 9.27. The molecular formula is C27H26N8O3S. The molecule has 12 heteroatoms. The molecule has 0 saturated heterocycles. The van der Waals surface area contributed by atoms with Crippen molar-refractivity contribution in [2.75, 3.05) is 16.8 Å². The van der Waals surface area contributed by atoms with Crippen LogP contribution in [0.25, 0.3) is 10.2 Å². The molecule has 11 nitrogen and oxygen atoms in total. The van der Waals surface area contributed by atoms with E-state index in [9.17, 15) is 9.59 Å².